The molecule has 8 nitrogen and oxygen atoms in total. The minimum absolute atomic E-state index is 0.185. The molecule has 1 fully saturated rings. The summed E-state index contributed by atoms with van der Waals surface area (Å²) < 4.78 is 27.6. The quantitative estimate of drug-likeness (QED) is 0.432. The third-order valence-electron chi connectivity index (χ3n) is 5.00. The van der Waals surface area contributed by atoms with Gasteiger partial charge in [-0.05, 0) is 56.5 Å². The number of piperidine rings is 1. The van der Waals surface area contributed by atoms with Crippen LogP contribution in [-0.2, 0) is 10.0 Å². The molecule has 0 bridgehead atoms. The number of rotatable bonds is 6. The highest BCUT2D eigenvalue weighted by Gasteiger charge is 2.27. The molecule has 9 heteroatoms. The first-order chi connectivity index (χ1) is 13.7. The summed E-state index contributed by atoms with van der Waals surface area (Å²) in [5.41, 5.74) is 1.20. The lowest BCUT2D eigenvalue weighted by molar-refractivity contribution is -0.383. The van der Waals surface area contributed by atoms with Crippen LogP contribution < -0.4 is 5.32 Å². The van der Waals surface area contributed by atoms with Gasteiger partial charge in [0.15, 0.2) is 5.78 Å². The summed E-state index contributed by atoms with van der Waals surface area (Å²) in [6.45, 7) is 4.06. The fraction of sp³-hybridized carbons (Fsp3) is 0.350. The van der Waals surface area contributed by atoms with Crippen LogP contribution in [0.1, 0.15) is 42.1 Å². The highest BCUT2D eigenvalue weighted by Crippen LogP contribution is 2.31. The predicted octanol–water partition coefficient (Wildman–Crippen LogP) is 4.02. The molecule has 1 aliphatic rings. The van der Waals surface area contributed by atoms with Crippen LogP contribution in [0.15, 0.2) is 41.3 Å². The number of nitro groups is 1. The molecule has 0 aliphatic carbocycles. The van der Waals surface area contributed by atoms with Gasteiger partial charge in [-0.1, -0.05) is 12.5 Å². The lowest BCUT2D eigenvalue weighted by Gasteiger charge is -2.26. The van der Waals surface area contributed by atoms with E-state index in [4.69, 9.17) is 0 Å². The van der Waals surface area contributed by atoms with Crippen molar-refractivity contribution in [3.8, 4) is 0 Å². The van der Waals surface area contributed by atoms with Crippen LogP contribution in [0.2, 0.25) is 0 Å². The lowest BCUT2D eigenvalue weighted by Crippen LogP contribution is -2.35. The van der Waals surface area contributed by atoms with Crippen molar-refractivity contribution in [2.24, 2.45) is 0 Å². The van der Waals surface area contributed by atoms with Crippen molar-refractivity contribution in [1.82, 2.24) is 4.31 Å². The molecule has 2 aromatic carbocycles. The summed E-state index contributed by atoms with van der Waals surface area (Å²) in [5.74, 6) is -0.273. The number of aryl methyl sites for hydroxylation is 1. The number of carbonyl (C=O) groups is 1. The summed E-state index contributed by atoms with van der Waals surface area (Å²) in [4.78, 5) is 22.6. The SMILES string of the molecule is CC(=O)c1ccc(Nc2ccc(C)c(S(=O)(=O)N3CCCCC3)c2)c([N+](=O)[O-])c1. The summed E-state index contributed by atoms with van der Waals surface area (Å²) in [6, 6.07) is 9.01. The number of nitrogens with one attached hydrogen (secondary N) is 1. The van der Waals surface area contributed by atoms with Crippen LogP contribution in [0, 0.1) is 17.0 Å². The molecule has 1 aliphatic heterocycles. The second-order valence-electron chi connectivity index (χ2n) is 7.12. The molecular weight excluding hydrogens is 394 g/mol. The van der Waals surface area contributed by atoms with Crippen molar-refractivity contribution in [2.75, 3.05) is 18.4 Å². The highest BCUT2D eigenvalue weighted by atomic mass is 32.2. The number of ketones is 1. The minimum atomic E-state index is -3.64. The van der Waals surface area contributed by atoms with Crippen LogP contribution in [0.3, 0.4) is 0 Å². The molecular formula is C20H23N3O5S. The van der Waals surface area contributed by atoms with E-state index in [9.17, 15) is 23.3 Å². The van der Waals surface area contributed by atoms with Gasteiger partial charge in [0.05, 0.1) is 9.82 Å². The van der Waals surface area contributed by atoms with E-state index >= 15 is 0 Å². The number of nitrogens with zero attached hydrogens (tertiary/aromatic N) is 2. The van der Waals surface area contributed by atoms with Gasteiger partial charge in [-0.15, -0.1) is 0 Å². The van der Waals surface area contributed by atoms with Crippen LogP contribution in [0.4, 0.5) is 17.1 Å². The van der Waals surface area contributed by atoms with Crippen molar-refractivity contribution in [3.63, 3.8) is 0 Å². The standard InChI is InChI=1S/C20H23N3O5S/c1-14-6-8-17(13-20(14)29(27,28)22-10-4-3-5-11-22)21-18-9-7-16(15(2)24)12-19(18)23(25)26/h6-9,12-13,21H,3-5,10-11H2,1-2H3. The Bertz CT molecular complexity index is 1060. The monoisotopic (exact) mass is 417 g/mol. The third-order valence-corrected chi connectivity index (χ3v) is 7.04. The molecule has 0 amide bonds. The Morgan fingerprint density at radius 3 is 2.41 bits per heavy atom. The van der Waals surface area contributed by atoms with Crippen molar-refractivity contribution in [2.45, 2.75) is 38.0 Å². The van der Waals surface area contributed by atoms with E-state index in [0.717, 1.165) is 19.3 Å². The molecule has 154 valence electrons. The molecule has 1 N–H and O–H groups in total. The van der Waals surface area contributed by atoms with Gasteiger partial charge in [0, 0.05) is 30.4 Å². The Labute approximate surface area is 169 Å². The second-order valence-corrected chi connectivity index (χ2v) is 9.02. The normalized spacial score (nSPS) is 15.1. The number of Topliss-reactive ketones (excluding diaryl/α,β-unsaturated/α-hetero) is 1. The van der Waals surface area contributed by atoms with E-state index in [2.05, 4.69) is 5.32 Å². The molecule has 0 aromatic heterocycles. The van der Waals surface area contributed by atoms with Crippen molar-refractivity contribution in [3.05, 3.63) is 57.6 Å². The number of nitro benzene ring substituents is 1. The van der Waals surface area contributed by atoms with Gasteiger partial charge in [-0.2, -0.15) is 4.31 Å². The molecule has 0 unspecified atom stereocenters. The first kappa shape index (κ1) is 20.9. The number of sulfonamides is 1. The summed E-state index contributed by atoms with van der Waals surface area (Å²) in [7, 11) is -3.64. The summed E-state index contributed by atoms with van der Waals surface area (Å²) in [5, 5.41) is 14.4. The van der Waals surface area contributed by atoms with E-state index in [1.807, 2.05) is 0 Å². The first-order valence-electron chi connectivity index (χ1n) is 9.37. The first-order valence-corrected chi connectivity index (χ1v) is 10.8. The molecule has 3 rings (SSSR count). The number of hydrogen-bond donors (Lipinski definition) is 1. The molecule has 1 heterocycles. The number of hydrogen-bond acceptors (Lipinski definition) is 6. The maximum absolute atomic E-state index is 13.1. The van der Waals surface area contributed by atoms with E-state index < -0.39 is 14.9 Å². The minimum Gasteiger partial charge on any atom is -0.350 e. The van der Waals surface area contributed by atoms with Gasteiger partial charge in [-0.3, -0.25) is 14.9 Å². The van der Waals surface area contributed by atoms with Crippen molar-refractivity contribution in [1.29, 1.82) is 0 Å². The van der Waals surface area contributed by atoms with E-state index in [0.29, 0.717) is 24.3 Å². The largest absolute Gasteiger partial charge is 0.350 e. The van der Waals surface area contributed by atoms with E-state index in [1.165, 1.54) is 35.5 Å². The van der Waals surface area contributed by atoms with Crippen LogP contribution in [-0.4, -0.2) is 36.5 Å². The fourth-order valence-electron chi connectivity index (χ4n) is 3.36. The maximum Gasteiger partial charge on any atom is 0.293 e. The second kappa shape index (κ2) is 8.30. The van der Waals surface area contributed by atoms with Gasteiger partial charge < -0.3 is 5.32 Å². The number of benzene rings is 2. The molecule has 2 aromatic rings. The lowest BCUT2D eigenvalue weighted by atomic mass is 10.1. The van der Waals surface area contributed by atoms with E-state index in [1.54, 1.807) is 19.1 Å². The molecule has 0 spiro atoms. The molecule has 0 atom stereocenters. The zero-order valence-corrected chi connectivity index (χ0v) is 17.2. The van der Waals surface area contributed by atoms with Crippen LogP contribution >= 0.6 is 0 Å². The van der Waals surface area contributed by atoms with Gasteiger partial charge in [0.2, 0.25) is 10.0 Å². The summed E-state index contributed by atoms with van der Waals surface area (Å²) >= 11 is 0. The van der Waals surface area contributed by atoms with Gasteiger partial charge in [0.1, 0.15) is 5.69 Å². The zero-order valence-electron chi connectivity index (χ0n) is 16.3. The highest BCUT2D eigenvalue weighted by molar-refractivity contribution is 7.89. The Morgan fingerprint density at radius 2 is 1.79 bits per heavy atom. The number of carbonyl (C=O) groups excluding carboxylic acids is 1. The van der Waals surface area contributed by atoms with Crippen molar-refractivity contribution >= 4 is 32.9 Å². The van der Waals surface area contributed by atoms with Crippen molar-refractivity contribution < 1.29 is 18.1 Å². The maximum atomic E-state index is 13.1. The van der Waals surface area contributed by atoms with Gasteiger partial charge in [-0.25, -0.2) is 8.42 Å². The number of anilines is 2. The molecule has 0 radical (unpaired) electrons. The smallest absolute Gasteiger partial charge is 0.293 e. The van der Waals surface area contributed by atoms with Crippen LogP contribution in [0.25, 0.3) is 0 Å². The predicted molar refractivity (Wildman–Crippen MR) is 110 cm³/mol. The third kappa shape index (κ3) is 4.46. The zero-order chi connectivity index (χ0) is 21.2. The average Bonchev–Trinajstić information content (AvgIpc) is 2.70. The Morgan fingerprint density at radius 1 is 1.10 bits per heavy atom. The molecule has 29 heavy (non-hydrogen) atoms. The fourth-order valence-corrected chi connectivity index (χ4v) is 5.13. The molecule has 0 saturated carbocycles. The Hall–Kier alpha value is -2.78. The average molecular weight is 417 g/mol. The van der Waals surface area contributed by atoms with Crippen LogP contribution in [0.5, 0.6) is 0 Å². The topological polar surface area (TPSA) is 110 Å². The summed E-state index contributed by atoms with van der Waals surface area (Å²) in [6.07, 6.45) is 2.70. The Balaban J connectivity index is 1.97. The van der Waals surface area contributed by atoms with E-state index in [-0.39, 0.29) is 27.6 Å². The van der Waals surface area contributed by atoms with Gasteiger partial charge >= 0.3 is 0 Å². The van der Waals surface area contributed by atoms with Gasteiger partial charge in [0.25, 0.3) is 5.69 Å². The Kier molecular flexibility index (Phi) is 5.99. The molecule has 1 saturated heterocycles.